The van der Waals surface area contributed by atoms with E-state index in [0.717, 1.165) is 4.57 Å². The van der Waals surface area contributed by atoms with Crippen LogP contribution in [0.2, 0.25) is 0 Å². The van der Waals surface area contributed by atoms with Gasteiger partial charge in [-0.25, -0.2) is 18.4 Å². The summed E-state index contributed by atoms with van der Waals surface area (Å²) in [6.45, 7) is 2.93. The molecule has 0 aliphatic carbocycles. The zero-order valence-electron chi connectivity index (χ0n) is 24.5. The second kappa shape index (κ2) is 12.6. The van der Waals surface area contributed by atoms with Gasteiger partial charge >= 0.3 is 17.8 Å². The highest BCUT2D eigenvalue weighted by atomic mass is 19.4. The zero-order valence-corrected chi connectivity index (χ0v) is 24.5. The van der Waals surface area contributed by atoms with Gasteiger partial charge in [0, 0.05) is 43.0 Å². The van der Waals surface area contributed by atoms with E-state index in [9.17, 15) is 46.2 Å². The van der Waals surface area contributed by atoms with Gasteiger partial charge < -0.3 is 29.8 Å². The number of carboxylic acid groups (broad SMARTS) is 1. The number of carbonyl (C=O) groups excluding carboxylic acids is 1. The Balaban J connectivity index is 1.66. The number of nitrogens with one attached hydrogen (secondary N) is 2. The molecule has 11 nitrogen and oxygen atoms in total. The van der Waals surface area contributed by atoms with Crippen LogP contribution in [0.25, 0.3) is 11.1 Å². The molecule has 2 aromatic carbocycles. The summed E-state index contributed by atoms with van der Waals surface area (Å²) in [4.78, 5) is 50.4. The number of hydrogen-bond acceptors (Lipinski definition) is 7. The third kappa shape index (κ3) is 6.49. The Hall–Kier alpha value is -4.89. The number of fused-ring (bicyclic) bond motifs is 1. The summed E-state index contributed by atoms with van der Waals surface area (Å²) in [5.41, 5.74) is -1.96. The second-order valence-corrected chi connectivity index (χ2v) is 10.3. The van der Waals surface area contributed by atoms with Gasteiger partial charge in [-0.2, -0.15) is 13.2 Å². The predicted molar refractivity (Wildman–Crippen MR) is 151 cm³/mol. The number of aromatic nitrogens is 2. The van der Waals surface area contributed by atoms with Gasteiger partial charge in [-0.3, -0.25) is 14.2 Å². The predicted octanol–water partition coefficient (Wildman–Crippen LogP) is 3.29. The first-order valence-corrected chi connectivity index (χ1v) is 13.6. The lowest BCUT2D eigenvalue weighted by atomic mass is 9.97. The first kappa shape index (κ1) is 33.0. The third-order valence-corrected chi connectivity index (χ3v) is 7.44. The highest BCUT2D eigenvalue weighted by Gasteiger charge is 2.38. The molecule has 1 aliphatic rings. The fraction of sp³-hybridized carbons (Fsp3) is 0.379. The SMILES string of the molecule is CC[C@@H](Nc1cc(F)c(C(=O)N[C@@H](Cc2ccc(-c3c(C)n(C)c(=O)n(C)c3=O)c3c2OCCO3)C(=O)O)c(F)c1)C(F)(F)F. The maximum absolute atomic E-state index is 14.8. The van der Waals surface area contributed by atoms with Crippen LogP contribution in [0.1, 0.15) is 35.0 Å². The van der Waals surface area contributed by atoms with Crippen LogP contribution in [0.4, 0.5) is 27.6 Å². The number of ether oxygens (including phenoxy) is 2. The molecule has 3 N–H and O–H groups in total. The van der Waals surface area contributed by atoms with E-state index in [1.807, 2.05) is 10.6 Å². The minimum atomic E-state index is -4.70. The Morgan fingerprint density at radius 2 is 1.62 bits per heavy atom. The van der Waals surface area contributed by atoms with E-state index in [2.05, 4.69) is 0 Å². The average Bonchev–Trinajstić information content (AvgIpc) is 2.97. The molecule has 242 valence electrons. The van der Waals surface area contributed by atoms with Crippen LogP contribution in [0, 0.1) is 18.6 Å². The molecule has 2 atom stereocenters. The number of nitrogens with zero attached hydrogens (tertiary/aromatic N) is 2. The number of halogens is 5. The molecule has 1 aromatic heterocycles. The Morgan fingerprint density at radius 1 is 1.02 bits per heavy atom. The van der Waals surface area contributed by atoms with E-state index >= 15 is 0 Å². The summed E-state index contributed by atoms with van der Waals surface area (Å²) >= 11 is 0. The lowest BCUT2D eigenvalue weighted by Gasteiger charge is -2.25. The molecular weight excluding hydrogens is 611 g/mol. The van der Waals surface area contributed by atoms with Crippen molar-refractivity contribution in [2.45, 2.75) is 44.9 Å². The van der Waals surface area contributed by atoms with Crippen LogP contribution in [-0.2, 0) is 25.3 Å². The molecule has 4 rings (SSSR count). The maximum Gasteiger partial charge on any atom is 0.408 e. The summed E-state index contributed by atoms with van der Waals surface area (Å²) in [5, 5.41) is 13.9. The Morgan fingerprint density at radius 3 is 2.18 bits per heavy atom. The van der Waals surface area contributed by atoms with Gasteiger partial charge in [0.05, 0.1) is 5.56 Å². The van der Waals surface area contributed by atoms with Crippen molar-refractivity contribution in [3.63, 3.8) is 0 Å². The summed E-state index contributed by atoms with van der Waals surface area (Å²) in [6.07, 6.45) is -5.59. The van der Waals surface area contributed by atoms with Crippen LogP contribution in [0.15, 0.2) is 33.9 Å². The number of aliphatic carboxylic acids is 1. The van der Waals surface area contributed by atoms with Crippen LogP contribution in [-0.4, -0.2) is 57.6 Å². The number of anilines is 1. The van der Waals surface area contributed by atoms with Crippen molar-refractivity contribution in [3.05, 3.63) is 73.6 Å². The van der Waals surface area contributed by atoms with Crippen molar-refractivity contribution in [2.75, 3.05) is 18.5 Å². The number of hydrogen-bond donors (Lipinski definition) is 3. The Kier molecular flexibility index (Phi) is 9.25. The van der Waals surface area contributed by atoms with Crippen molar-refractivity contribution in [1.82, 2.24) is 14.5 Å². The number of benzene rings is 2. The number of rotatable bonds is 9. The molecule has 3 aromatic rings. The molecule has 0 saturated carbocycles. The summed E-state index contributed by atoms with van der Waals surface area (Å²) < 4.78 is 82.6. The van der Waals surface area contributed by atoms with Crippen molar-refractivity contribution >= 4 is 17.6 Å². The molecular formula is C29H29F5N4O7. The lowest BCUT2D eigenvalue weighted by Crippen LogP contribution is -2.43. The van der Waals surface area contributed by atoms with E-state index in [-0.39, 0.29) is 41.4 Å². The number of carbonyl (C=O) groups is 2. The fourth-order valence-electron chi connectivity index (χ4n) is 4.95. The molecule has 0 fully saturated rings. The molecule has 2 heterocycles. The third-order valence-electron chi connectivity index (χ3n) is 7.44. The van der Waals surface area contributed by atoms with Gasteiger partial charge in [-0.05, 0) is 31.5 Å². The standard InChI is InChI=1S/C29H29F5N4O7/c1-5-20(29(32,33)34)35-15-11-17(30)22(18(31)12-15)25(39)36-19(27(41)42)10-14-6-7-16(24-23(14)44-8-9-45-24)21-13(2)37(3)28(43)38(4)26(21)40/h6-7,11-12,19-20,35H,5,8-10H2,1-4H3,(H,36,39)(H,41,42)/t19-,20+/m0/s1. The largest absolute Gasteiger partial charge is 0.486 e. The minimum absolute atomic E-state index is 0.0574. The Bertz CT molecular complexity index is 1760. The van der Waals surface area contributed by atoms with Crippen molar-refractivity contribution in [1.29, 1.82) is 0 Å². The van der Waals surface area contributed by atoms with E-state index in [0.29, 0.717) is 17.8 Å². The molecule has 1 amide bonds. The fourth-order valence-corrected chi connectivity index (χ4v) is 4.95. The number of alkyl halides is 3. The van der Waals surface area contributed by atoms with Crippen LogP contribution in [0.5, 0.6) is 11.5 Å². The summed E-state index contributed by atoms with van der Waals surface area (Å²) in [6, 6.07) is 0.0600. The van der Waals surface area contributed by atoms with Crippen LogP contribution in [0.3, 0.4) is 0 Å². The minimum Gasteiger partial charge on any atom is -0.486 e. The number of amides is 1. The highest BCUT2D eigenvalue weighted by Crippen LogP contribution is 2.42. The van der Waals surface area contributed by atoms with Gasteiger partial charge in [0.15, 0.2) is 11.5 Å². The van der Waals surface area contributed by atoms with Crippen molar-refractivity contribution < 1.29 is 46.1 Å². The van der Waals surface area contributed by atoms with E-state index in [4.69, 9.17) is 9.47 Å². The number of carboxylic acids is 1. The molecule has 16 heteroatoms. The van der Waals surface area contributed by atoms with Crippen molar-refractivity contribution in [2.24, 2.45) is 14.1 Å². The molecule has 45 heavy (non-hydrogen) atoms. The van der Waals surface area contributed by atoms with Gasteiger partial charge in [-0.1, -0.05) is 13.0 Å². The van der Waals surface area contributed by atoms with Crippen LogP contribution < -0.4 is 31.4 Å². The van der Waals surface area contributed by atoms with E-state index in [1.54, 1.807) is 6.92 Å². The van der Waals surface area contributed by atoms with E-state index in [1.165, 1.54) is 37.7 Å². The van der Waals surface area contributed by atoms with Gasteiger partial charge in [-0.15, -0.1) is 0 Å². The molecule has 1 aliphatic heterocycles. The van der Waals surface area contributed by atoms with Crippen molar-refractivity contribution in [3.8, 4) is 22.6 Å². The topological polar surface area (TPSA) is 141 Å². The first-order chi connectivity index (χ1) is 21.1. The quantitative estimate of drug-likeness (QED) is 0.303. The second-order valence-electron chi connectivity index (χ2n) is 10.3. The molecule has 0 spiro atoms. The normalized spacial score (nSPS) is 14.1. The Labute approximate surface area is 252 Å². The maximum atomic E-state index is 14.8. The molecule has 0 radical (unpaired) electrons. The average molecular weight is 641 g/mol. The molecule has 0 unspecified atom stereocenters. The monoisotopic (exact) mass is 640 g/mol. The van der Waals surface area contributed by atoms with Gasteiger partial charge in [0.25, 0.3) is 11.5 Å². The summed E-state index contributed by atoms with van der Waals surface area (Å²) in [5.74, 6) is -5.89. The summed E-state index contributed by atoms with van der Waals surface area (Å²) in [7, 11) is 2.80. The molecule has 0 bridgehead atoms. The highest BCUT2D eigenvalue weighted by molar-refractivity contribution is 5.97. The van der Waals surface area contributed by atoms with Gasteiger partial charge in [0.1, 0.15) is 42.5 Å². The zero-order chi connectivity index (χ0) is 33.4. The molecule has 0 saturated heterocycles. The van der Waals surface area contributed by atoms with Crippen LogP contribution >= 0.6 is 0 Å². The lowest BCUT2D eigenvalue weighted by molar-refractivity contribution is -0.143. The first-order valence-electron chi connectivity index (χ1n) is 13.6. The van der Waals surface area contributed by atoms with E-state index < -0.39 is 77.1 Å². The smallest absolute Gasteiger partial charge is 0.408 e. The van der Waals surface area contributed by atoms with Gasteiger partial charge in [0.2, 0.25) is 0 Å².